The van der Waals surface area contributed by atoms with Gasteiger partial charge in [-0.3, -0.25) is 4.79 Å². The average Bonchev–Trinajstić information content (AvgIpc) is 2.70. The Morgan fingerprint density at radius 1 is 1.10 bits per heavy atom. The fourth-order valence-electron chi connectivity index (χ4n) is 4.73. The van der Waals surface area contributed by atoms with Crippen molar-refractivity contribution >= 4 is 17.3 Å². The monoisotopic (exact) mass is 420 g/mol. The highest BCUT2D eigenvalue weighted by Gasteiger charge is 2.27. The maximum atomic E-state index is 12.9. The largest absolute Gasteiger partial charge is 0.492 e. The van der Waals surface area contributed by atoms with E-state index in [0.29, 0.717) is 56.2 Å². The summed E-state index contributed by atoms with van der Waals surface area (Å²) >= 11 is 0. The van der Waals surface area contributed by atoms with Crippen LogP contribution in [0.2, 0.25) is 0 Å². The highest BCUT2D eigenvalue weighted by Crippen LogP contribution is 2.39. The van der Waals surface area contributed by atoms with Crippen molar-refractivity contribution in [2.45, 2.75) is 34.1 Å². The van der Waals surface area contributed by atoms with Crippen LogP contribution in [-0.2, 0) is 9.53 Å². The predicted molar refractivity (Wildman–Crippen MR) is 119 cm³/mol. The van der Waals surface area contributed by atoms with Gasteiger partial charge < -0.3 is 29.3 Å². The summed E-state index contributed by atoms with van der Waals surface area (Å²) in [7, 11) is 0. The molecule has 2 fully saturated rings. The number of ether oxygens (including phenoxy) is 3. The molecule has 0 aliphatic carbocycles. The molecule has 2 N–H and O–H groups in total. The molecule has 1 unspecified atom stereocenters. The van der Waals surface area contributed by atoms with Crippen molar-refractivity contribution in [3.63, 3.8) is 0 Å². The minimum atomic E-state index is 0.0221. The van der Waals surface area contributed by atoms with Crippen molar-refractivity contribution in [1.29, 1.82) is 0 Å². The Balaban J connectivity index is 1.78. The Labute approximate surface area is 180 Å². The van der Waals surface area contributed by atoms with Crippen LogP contribution in [0.4, 0.5) is 11.4 Å². The SMILES string of the molecule is CCOc1cc(N2CCOCC2)c(OCC)cc1NC(=O)C[NH+]1C[C@H](C)C[C@H](C)C1. The van der Waals surface area contributed by atoms with E-state index in [-0.39, 0.29) is 5.91 Å². The van der Waals surface area contributed by atoms with E-state index in [0.717, 1.165) is 37.6 Å². The molecule has 3 atom stereocenters. The van der Waals surface area contributed by atoms with Crippen molar-refractivity contribution < 1.29 is 23.9 Å². The number of likely N-dealkylation sites (tertiary alicyclic amines) is 1. The molecule has 1 aromatic rings. The number of morpholine rings is 1. The van der Waals surface area contributed by atoms with Crippen LogP contribution in [0.25, 0.3) is 0 Å². The van der Waals surface area contributed by atoms with Crippen LogP contribution in [0.5, 0.6) is 11.5 Å². The Kier molecular flexibility index (Phi) is 8.22. The second-order valence-corrected chi connectivity index (χ2v) is 8.61. The van der Waals surface area contributed by atoms with Crippen LogP contribution in [0.15, 0.2) is 12.1 Å². The summed E-state index contributed by atoms with van der Waals surface area (Å²) in [6.45, 7) is 15.2. The molecule has 0 radical (unpaired) electrons. The summed E-state index contributed by atoms with van der Waals surface area (Å²) in [4.78, 5) is 16.5. The molecular weight excluding hydrogens is 382 g/mol. The lowest BCUT2D eigenvalue weighted by Crippen LogP contribution is -3.15. The zero-order valence-electron chi connectivity index (χ0n) is 19.0. The van der Waals surface area contributed by atoms with E-state index < -0.39 is 0 Å². The van der Waals surface area contributed by atoms with Crippen molar-refractivity contribution in [3.05, 3.63) is 12.1 Å². The smallest absolute Gasteiger partial charge is 0.279 e. The number of nitrogens with zero attached hydrogens (tertiary/aromatic N) is 1. The van der Waals surface area contributed by atoms with Crippen LogP contribution in [0.3, 0.4) is 0 Å². The summed E-state index contributed by atoms with van der Waals surface area (Å²) in [5.41, 5.74) is 1.67. The molecule has 0 saturated carbocycles. The van der Waals surface area contributed by atoms with Crippen molar-refractivity contribution in [2.24, 2.45) is 11.8 Å². The van der Waals surface area contributed by atoms with Gasteiger partial charge in [-0.2, -0.15) is 0 Å². The van der Waals surface area contributed by atoms with Gasteiger partial charge in [0.25, 0.3) is 5.91 Å². The Hall–Kier alpha value is -1.99. The van der Waals surface area contributed by atoms with Gasteiger partial charge >= 0.3 is 0 Å². The summed E-state index contributed by atoms with van der Waals surface area (Å²) in [6, 6.07) is 3.90. The molecule has 7 heteroatoms. The van der Waals surface area contributed by atoms with E-state index in [1.165, 1.54) is 11.3 Å². The van der Waals surface area contributed by atoms with Crippen molar-refractivity contribution in [2.75, 3.05) is 69.4 Å². The number of amides is 1. The number of hydrogen-bond donors (Lipinski definition) is 2. The number of hydrogen-bond acceptors (Lipinski definition) is 5. The number of anilines is 2. The molecule has 0 aromatic heterocycles. The van der Waals surface area contributed by atoms with Crippen LogP contribution in [-0.4, -0.2) is 65.1 Å². The number of piperidine rings is 1. The number of rotatable bonds is 8. The lowest BCUT2D eigenvalue weighted by Gasteiger charge is -2.32. The number of benzene rings is 1. The molecule has 1 aromatic carbocycles. The average molecular weight is 421 g/mol. The quantitative estimate of drug-likeness (QED) is 0.672. The predicted octanol–water partition coefficient (Wildman–Crippen LogP) is 1.82. The van der Waals surface area contributed by atoms with E-state index in [4.69, 9.17) is 14.2 Å². The third kappa shape index (κ3) is 6.01. The first-order valence-electron chi connectivity index (χ1n) is 11.4. The van der Waals surface area contributed by atoms with Gasteiger partial charge in [0.15, 0.2) is 6.54 Å². The molecule has 0 bridgehead atoms. The maximum Gasteiger partial charge on any atom is 0.279 e. The summed E-state index contributed by atoms with van der Waals surface area (Å²) < 4.78 is 17.3. The van der Waals surface area contributed by atoms with Crippen LogP contribution >= 0.6 is 0 Å². The van der Waals surface area contributed by atoms with Crippen LogP contribution in [0.1, 0.15) is 34.1 Å². The minimum Gasteiger partial charge on any atom is -0.492 e. The maximum absolute atomic E-state index is 12.9. The zero-order chi connectivity index (χ0) is 21.5. The van der Waals surface area contributed by atoms with E-state index >= 15 is 0 Å². The van der Waals surface area contributed by atoms with Crippen LogP contribution in [0, 0.1) is 11.8 Å². The zero-order valence-corrected chi connectivity index (χ0v) is 19.0. The lowest BCUT2D eigenvalue weighted by molar-refractivity contribution is -0.904. The highest BCUT2D eigenvalue weighted by atomic mass is 16.5. The fraction of sp³-hybridized carbons (Fsp3) is 0.696. The van der Waals surface area contributed by atoms with Gasteiger partial charge in [-0.05, 0) is 20.3 Å². The third-order valence-corrected chi connectivity index (χ3v) is 5.78. The number of nitrogens with one attached hydrogen (secondary N) is 2. The lowest BCUT2D eigenvalue weighted by atomic mass is 9.92. The summed E-state index contributed by atoms with van der Waals surface area (Å²) in [5, 5.41) is 3.09. The first-order valence-corrected chi connectivity index (χ1v) is 11.4. The second kappa shape index (κ2) is 10.9. The topological polar surface area (TPSA) is 64.5 Å². The first kappa shape index (κ1) is 22.7. The summed E-state index contributed by atoms with van der Waals surface area (Å²) in [5.74, 6) is 2.80. The van der Waals surface area contributed by atoms with Gasteiger partial charge in [-0.1, -0.05) is 13.8 Å². The molecule has 2 aliphatic heterocycles. The van der Waals surface area contributed by atoms with E-state index in [1.807, 2.05) is 26.0 Å². The van der Waals surface area contributed by atoms with Crippen molar-refractivity contribution in [1.82, 2.24) is 0 Å². The minimum absolute atomic E-state index is 0.0221. The molecule has 0 spiro atoms. The Morgan fingerprint density at radius 2 is 1.73 bits per heavy atom. The first-order chi connectivity index (χ1) is 14.5. The van der Waals surface area contributed by atoms with E-state index in [1.54, 1.807) is 0 Å². The fourth-order valence-corrected chi connectivity index (χ4v) is 4.73. The molecule has 2 aliphatic rings. The number of carbonyl (C=O) groups excluding carboxylic acids is 1. The Bertz CT molecular complexity index is 696. The number of carbonyl (C=O) groups is 1. The Morgan fingerprint density at radius 3 is 2.37 bits per heavy atom. The second-order valence-electron chi connectivity index (χ2n) is 8.61. The molecule has 1 amide bonds. The molecular formula is C23H38N3O4+. The molecule has 168 valence electrons. The molecule has 2 saturated heterocycles. The summed E-state index contributed by atoms with van der Waals surface area (Å²) in [6.07, 6.45) is 1.25. The third-order valence-electron chi connectivity index (χ3n) is 5.78. The van der Waals surface area contributed by atoms with Crippen LogP contribution < -0.4 is 24.6 Å². The van der Waals surface area contributed by atoms with Gasteiger partial charge in [0.1, 0.15) is 11.5 Å². The van der Waals surface area contributed by atoms with E-state index in [9.17, 15) is 4.79 Å². The molecule has 7 nitrogen and oxygen atoms in total. The molecule has 3 rings (SSSR count). The van der Waals surface area contributed by atoms with E-state index in [2.05, 4.69) is 24.1 Å². The van der Waals surface area contributed by atoms with Gasteiger partial charge in [-0.15, -0.1) is 0 Å². The normalized spacial score (nSPS) is 24.4. The molecule has 30 heavy (non-hydrogen) atoms. The molecule has 2 heterocycles. The van der Waals surface area contributed by atoms with Crippen molar-refractivity contribution in [3.8, 4) is 11.5 Å². The number of quaternary nitrogens is 1. The van der Waals surface area contributed by atoms with Gasteiger partial charge in [0.05, 0.1) is 50.9 Å². The van der Waals surface area contributed by atoms with Gasteiger partial charge in [0, 0.05) is 37.1 Å². The van der Waals surface area contributed by atoms with Gasteiger partial charge in [0.2, 0.25) is 0 Å². The standard InChI is InChI=1S/C23H37N3O4/c1-5-29-21-13-20(26-7-9-28-10-8-26)22(30-6-2)12-19(21)24-23(27)16-25-14-17(3)11-18(4)15-25/h12-13,17-18H,5-11,14-16H2,1-4H3,(H,24,27)/p+1/t17-,18+. The van der Waals surface area contributed by atoms with Gasteiger partial charge in [-0.25, -0.2) is 0 Å². The highest BCUT2D eigenvalue weighted by molar-refractivity contribution is 5.94.